The van der Waals surface area contributed by atoms with Gasteiger partial charge in [0.2, 0.25) is 0 Å². The summed E-state index contributed by atoms with van der Waals surface area (Å²) in [5.74, 6) is 0.198. The highest BCUT2D eigenvalue weighted by atomic mass is 32.1. The number of aromatic nitrogens is 2. The molecule has 1 saturated heterocycles. The third-order valence-electron chi connectivity index (χ3n) is 4.07. The van der Waals surface area contributed by atoms with Gasteiger partial charge in [-0.1, -0.05) is 30.3 Å². The second-order valence-electron chi connectivity index (χ2n) is 5.71. The zero-order valence-electron chi connectivity index (χ0n) is 12.7. The van der Waals surface area contributed by atoms with E-state index in [1.54, 1.807) is 0 Å². The molecule has 1 aliphatic heterocycles. The molecule has 1 aromatic heterocycles. The van der Waals surface area contributed by atoms with Crippen molar-refractivity contribution in [2.75, 3.05) is 5.75 Å². The number of thiol groups is 1. The van der Waals surface area contributed by atoms with Crippen molar-refractivity contribution in [3.63, 3.8) is 0 Å². The Morgan fingerprint density at radius 3 is 2.50 bits per heavy atom. The van der Waals surface area contributed by atoms with Crippen LogP contribution in [-0.2, 0) is 11.2 Å². The topological polar surface area (TPSA) is 105 Å². The lowest BCUT2D eigenvalue weighted by molar-refractivity contribution is -0.0341. The van der Waals surface area contributed by atoms with Crippen molar-refractivity contribution in [2.24, 2.45) is 0 Å². The van der Waals surface area contributed by atoms with Crippen molar-refractivity contribution >= 4 is 12.6 Å². The van der Waals surface area contributed by atoms with Crippen LogP contribution >= 0.6 is 12.6 Å². The standard InChI is InChI=1S/C16H18N2O5S/c19-12-11(8-24)23-15(13(12)20)18-7-10(14(21)17-16(18)22)6-9-4-2-1-3-5-9/h1-5,7,11-13,15,19-20,24H,6,8H2,(H,17,21,22)/t11-,12-,13-,15-/m1/s1. The number of H-pyrrole nitrogens is 1. The first-order valence-electron chi connectivity index (χ1n) is 7.52. The average molecular weight is 350 g/mol. The number of ether oxygens (including phenoxy) is 1. The normalized spacial score (nSPS) is 26.6. The quantitative estimate of drug-likeness (QED) is 0.566. The van der Waals surface area contributed by atoms with Gasteiger partial charge in [-0.2, -0.15) is 12.6 Å². The van der Waals surface area contributed by atoms with Crippen LogP contribution < -0.4 is 11.2 Å². The highest BCUT2D eigenvalue weighted by Crippen LogP contribution is 2.28. The first-order chi connectivity index (χ1) is 11.5. The van der Waals surface area contributed by atoms with E-state index in [0.717, 1.165) is 10.1 Å². The molecular formula is C16H18N2O5S. The van der Waals surface area contributed by atoms with Crippen molar-refractivity contribution in [1.29, 1.82) is 0 Å². The summed E-state index contributed by atoms with van der Waals surface area (Å²) in [5.41, 5.74) is 0.0847. The number of nitrogens with zero attached hydrogens (tertiary/aromatic N) is 1. The molecule has 1 aliphatic rings. The van der Waals surface area contributed by atoms with Gasteiger partial charge in [-0.15, -0.1) is 0 Å². The van der Waals surface area contributed by atoms with E-state index in [4.69, 9.17) is 4.74 Å². The Balaban J connectivity index is 1.96. The van der Waals surface area contributed by atoms with E-state index < -0.39 is 35.8 Å². The van der Waals surface area contributed by atoms with Crippen LogP contribution in [0.15, 0.2) is 46.1 Å². The van der Waals surface area contributed by atoms with E-state index in [0.29, 0.717) is 12.0 Å². The first kappa shape index (κ1) is 17.0. The Bertz CT molecular complexity index is 819. The van der Waals surface area contributed by atoms with Crippen LogP contribution in [0.2, 0.25) is 0 Å². The van der Waals surface area contributed by atoms with Gasteiger partial charge in [0.05, 0.1) is 6.10 Å². The van der Waals surface area contributed by atoms with Crippen LogP contribution in [0.5, 0.6) is 0 Å². The van der Waals surface area contributed by atoms with Crippen molar-refractivity contribution in [1.82, 2.24) is 9.55 Å². The molecule has 0 radical (unpaired) electrons. The number of nitrogens with one attached hydrogen (secondary N) is 1. The lowest BCUT2D eigenvalue weighted by Gasteiger charge is -2.18. The van der Waals surface area contributed by atoms with Crippen LogP contribution in [0.1, 0.15) is 17.4 Å². The maximum absolute atomic E-state index is 12.1. The smallest absolute Gasteiger partial charge is 0.330 e. The molecule has 0 saturated carbocycles. The molecule has 4 atom stereocenters. The zero-order chi connectivity index (χ0) is 17.3. The van der Waals surface area contributed by atoms with Gasteiger partial charge in [-0.05, 0) is 5.56 Å². The fourth-order valence-corrected chi connectivity index (χ4v) is 3.07. The summed E-state index contributed by atoms with van der Waals surface area (Å²) in [5, 5.41) is 20.1. The van der Waals surface area contributed by atoms with Crippen molar-refractivity contribution in [3.8, 4) is 0 Å². The third kappa shape index (κ3) is 3.18. The molecule has 0 aliphatic carbocycles. The number of rotatable bonds is 4. The van der Waals surface area contributed by atoms with Gasteiger partial charge in [0.15, 0.2) is 6.23 Å². The van der Waals surface area contributed by atoms with Crippen LogP contribution in [0.25, 0.3) is 0 Å². The maximum atomic E-state index is 12.1. The lowest BCUT2D eigenvalue weighted by atomic mass is 10.1. The number of hydrogen-bond donors (Lipinski definition) is 4. The summed E-state index contributed by atoms with van der Waals surface area (Å²) in [6.45, 7) is 0. The van der Waals surface area contributed by atoms with Gasteiger partial charge in [0, 0.05) is 23.9 Å². The summed E-state index contributed by atoms with van der Waals surface area (Å²) >= 11 is 4.06. The molecule has 3 N–H and O–H groups in total. The minimum absolute atomic E-state index is 0.198. The van der Waals surface area contributed by atoms with Gasteiger partial charge < -0.3 is 14.9 Å². The van der Waals surface area contributed by atoms with Crippen molar-refractivity contribution < 1.29 is 14.9 Å². The van der Waals surface area contributed by atoms with Crippen molar-refractivity contribution in [3.05, 3.63) is 68.5 Å². The molecule has 8 heteroatoms. The first-order valence-corrected chi connectivity index (χ1v) is 8.15. The van der Waals surface area contributed by atoms with E-state index in [1.165, 1.54) is 6.20 Å². The molecule has 7 nitrogen and oxygen atoms in total. The number of aliphatic hydroxyl groups is 2. The molecular weight excluding hydrogens is 332 g/mol. The lowest BCUT2D eigenvalue weighted by Crippen LogP contribution is -2.38. The highest BCUT2D eigenvalue weighted by molar-refractivity contribution is 7.80. The van der Waals surface area contributed by atoms with E-state index in [9.17, 15) is 19.8 Å². The predicted octanol–water partition coefficient (Wildman–Crippen LogP) is -0.324. The molecule has 3 rings (SSSR count). The molecule has 0 unspecified atom stereocenters. The van der Waals surface area contributed by atoms with Crippen LogP contribution in [0, 0.1) is 0 Å². The SMILES string of the molecule is O=c1[nH]c(=O)n([C@@H]2O[C@H](CS)[C@@H](O)[C@H]2O)cc1Cc1ccccc1. The van der Waals surface area contributed by atoms with Gasteiger partial charge in [0.1, 0.15) is 12.2 Å². The fourth-order valence-electron chi connectivity index (χ4n) is 2.77. The Morgan fingerprint density at radius 2 is 1.88 bits per heavy atom. The molecule has 0 amide bonds. The minimum atomic E-state index is -1.28. The van der Waals surface area contributed by atoms with E-state index in [-0.39, 0.29) is 5.75 Å². The Hall–Kier alpha value is -1.87. The van der Waals surface area contributed by atoms with E-state index in [2.05, 4.69) is 17.6 Å². The number of aliphatic hydroxyl groups excluding tert-OH is 2. The largest absolute Gasteiger partial charge is 0.387 e. The molecule has 0 bridgehead atoms. The minimum Gasteiger partial charge on any atom is -0.387 e. The third-order valence-corrected chi connectivity index (χ3v) is 4.43. The molecule has 1 aromatic carbocycles. The van der Waals surface area contributed by atoms with E-state index in [1.807, 2.05) is 30.3 Å². The molecule has 1 fully saturated rings. The Labute approximate surface area is 143 Å². The monoisotopic (exact) mass is 350 g/mol. The van der Waals surface area contributed by atoms with Gasteiger partial charge in [-0.3, -0.25) is 14.3 Å². The average Bonchev–Trinajstić information content (AvgIpc) is 2.86. The molecule has 128 valence electrons. The molecule has 2 aromatic rings. The molecule has 2 heterocycles. The van der Waals surface area contributed by atoms with Crippen molar-refractivity contribution in [2.45, 2.75) is 31.0 Å². The fraction of sp³-hybridized carbons (Fsp3) is 0.375. The Kier molecular flexibility index (Phi) is 4.91. The van der Waals surface area contributed by atoms with Gasteiger partial charge in [0.25, 0.3) is 5.56 Å². The van der Waals surface area contributed by atoms with E-state index >= 15 is 0 Å². The number of hydrogen-bond acceptors (Lipinski definition) is 6. The summed E-state index contributed by atoms with van der Waals surface area (Å²) < 4.78 is 6.62. The second kappa shape index (κ2) is 6.94. The maximum Gasteiger partial charge on any atom is 0.330 e. The van der Waals surface area contributed by atoms with Gasteiger partial charge >= 0.3 is 5.69 Å². The summed E-state index contributed by atoms with van der Waals surface area (Å²) in [7, 11) is 0. The summed E-state index contributed by atoms with van der Waals surface area (Å²) in [6.07, 6.45) is -2.49. The zero-order valence-corrected chi connectivity index (χ0v) is 13.6. The van der Waals surface area contributed by atoms with Crippen LogP contribution in [0.3, 0.4) is 0 Å². The number of aromatic amines is 1. The predicted molar refractivity (Wildman–Crippen MR) is 90.3 cm³/mol. The van der Waals surface area contributed by atoms with Gasteiger partial charge in [-0.25, -0.2) is 4.79 Å². The molecule has 24 heavy (non-hydrogen) atoms. The Morgan fingerprint density at radius 1 is 1.17 bits per heavy atom. The van der Waals surface area contributed by atoms with Crippen LogP contribution in [-0.4, -0.2) is 43.8 Å². The highest BCUT2D eigenvalue weighted by Gasteiger charge is 2.43. The molecule has 0 spiro atoms. The number of benzene rings is 1. The van der Waals surface area contributed by atoms with Crippen LogP contribution in [0.4, 0.5) is 0 Å². The summed E-state index contributed by atoms with van der Waals surface area (Å²) in [4.78, 5) is 26.4. The summed E-state index contributed by atoms with van der Waals surface area (Å²) in [6, 6.07) is 9.33. The second-order valence-corrected chi connectivity index (χ2v) is 6.08.